The maximum absolute atomic E-state index is 13.2. The Balaban J connectivity index is 2.17. The molecule has 0 spiro atoms. The van der Waals surface area contributed by atoms with Crippen LogP contribution in [0.3, 0.4) is 0 Å². The Hall–Kier alpha value is -3.63. The number of carbonyl (C=O) groups is 1. The molecule has 0 N–H and O–H groups in total. The van der Waals surface area contributed by atoms with Crippen molar-refractivity contribution in [1.82, 2.24) is 24.5 Å². The molecule has 0 radical (unpaired) electrons. The summed E-state index contributed by atoms with van der Waals surface area (Å²) in [6.45, 7) is 3.36. The minimum absolute atomic E-state index is 0.0525. The molecule has 2 heterocycles. The van der Waals surface area contributed by atoms with Gasteiger partial charge in [0, 0.05) is 6.54 Å². The van der Waals surface area contributed by atoms with Gasteiger partial charge in [0.2, 0.25) is 5.82 Å². The van der Waals surface area contributed by atoms with Crippen LogP contribution in [0.25, 0.3) is 17.2 Å². The lowest BCUT2D eigenvalue weighted by atomic mass is 10.3. The van der Waals surface area contributed by atoms with E-state index >= 15 is 0 Å². The average molecular weight is 375 g/mol. The first-order valence-corrected chi connectivity index (χ1v) is 7.97. The van der Waals surface area contributed by atoms with Crippen LogP contribution in [-0.4, -0.2) is 37.1 Å². The van der Waals surface area contributed by atoms with Gasteiger partial charge >= 0.3 is 17.5 Å². The van der Waals surface area contributed by atoms with E-state index < -0.39 is 28.9 Å². The highest BCUT2D eigenvalue weighted by atomic mass is 19.1. The fraction of sp³-hybridized carbons (Fsp3) is 0.250. The second-order valence-electron chi connectivity index (χ2n) is 5.21. The van der Waals surface area contributed by atoms with Gasteiger partial charge in [0.1, 0.15) is 5.82 Å². The zero-order chi connectivity index (χ0) is 19.6. The Morgan fingerprint density at radius 1 is 1.22 bits per heavy atom. The van der Waals surface area contributed by atoms with Crippen LogP contribution < -0.4 is 11.2 Å². The van der Waals surface area contributed by atoms with Crippen molar-refractivity contribution in [3.05, 3.63) is 56.8 Å². The number of esters is 1. The molecule has 0 aliphatic heterocycles. The number of hydrogen-bond donors (Lipinski definition) is 0. The van der Waals surface area contributed by atoms with Crippen molar-refractivity contribution in [1.29, 1.82) is 0 Å². The lowest BCUT2D eigenvalue weighted by Crippen LogP contribution is -2.41. The largest absolute Gasteiger partial charge is 0.459 e. The van der Waals surface area contributed by atoms with E-state index in [0.717, 1.165) is 21.4 Å². The molecule has 0 atom stereocenters. The summed E-state index contributed by atoms with van der Waals surface area (Å²) in [5.41, 5.74) is -1.54. The quantitative estimate of drug-likeness (QED) is 0.600. The molecule has 0 bridgehead atoms. The molecule has 3 rings (SSSR count). The fourth-order valence-electron chi connectivity index (χ4n) is 2.28. The Kier molecular flexibility index (Phi) is 4.92. The highest BCUT2D eigenvalue weighted by Gasteiger charge is 2.23. The third-order valence-electron chi connectivity index (χ3n) is 3.54. The van der Waals surface area contributed by atoms with Crippen LogP contribution in [0.1, 0.15) is 24.5 Å². The lowest BCUT2D eigenvalue weighted by Gasteiger charge is -2.09. The number of hydrogen-bond acceptors (Lipinski definition) is 8. The Morgan fingerprint density at radius 2 is 1.93 bits per heavy atom. The van der Waals surface area contributed by atoms with E-state index in [9.17, 15) is 18.8 Å². The zero-order valence-corrected chi connectivity index (χ0v) is 14.4. The molecule has 0 fully saturated rings. The van der Waals surface area contributed by atoms with Crippen LogP contribution in [0.5, 0.6) is 0 Å². The summed E-state index contributed by atoms with van der Waals surface area (Å²) in [4.78, 5) is 40.5. The normalized spacial score (nSPS) is 10.8. The summed E-state index contributed by atoms with van der Waals surface area (Å²) in [6, 6.07) is 4.96. The summed E-state index contributed by atoms with van der Waals surface area (Å²) < 4.78 is 24.5. The molecule has 0 unspecified atom stereocenters. The molecule has 27 heavy (non-hydrogen) atoms. The van der Waals surface area contributed by atoms with Gasteiger partial charge in [-0.25, -0.2) is 14.0 Å². The number of halogens is 1. The van der Waals surface area contributed by atoms with Gasteiger partial charge in [-0.2, -0.15) is 14.8 Å². The van der Waals surface area contributed by atoms with Crippen molar-refractivity contribution in [2.45, 2.75) is 20.4 Å². The van der Waals surface area contributed by atoms with E-state index in [1.165, 1.54) is 12.1 Å². The third-order valence-corrected chi connectivity index (χ3v) is 3.54. The number of nitrogens with zero attached hydrogens (tertiary/aromatic N) is 5. The minimum atomic E-state index is -0.848. The molecule has 10 nitrogen and oxygen atoms in total. The number of ether oxygens (including phenoxy) is 1. The first-order valence-electron chi connectivity index (χ1n) is 7.97. The van der Waals surface area contributed by atoms with Crippen molar-refractivity contribution in [3.63, 3.8) is 0 Å². The van der Waals surface area contributed by atoms with Crippen molar-refractivity contribution in [2.75, 3.05) is 6.61 Å². The average Bonchev–Trinajstić information content (AvgIpc) is 3.13. The van der Waals surface area contributed by atoms with Crippen molar-refractivity contribution < 1.29 is 18.4 Å². The molecule has 0 saturated carbocycles. The van der Waals surface area contributed by atoms with Gasteiger partial charge in [0.15, 0.2) is 5.69 Å². The van der Waals surface area contributed by atoms with Gasteiger partial charge in [0.25, 0.3) is 5.56 Å². The van der Waals surface area contributed by atoms with Gasteiger partial charge in [0.05, 0.1) is 12.3 Å². The van der Waals surface area contributed by atoms with Crippen LogP contribution in [0, 0.1) is 5.82 Å². The minimum Gasteiger partial charge on any atom is -0.459 e. The molecular weight excluding hydrogens is 361 g/mol. The molecule has 2 aromatic heterocycles. The summed E-state index contributed by atoms with van der Waals surface area (Å²) in [5.74, 6) is -2.07. The smallest absolute Gasteiger partial charge is 0.397 e. The second-order valence-corrected chi connectivity index (χ2v) is 5.21. The monoisotopic (exact) mass is 375 g/mol. The number of benzene rings is 1. The maximum Gasteiger partial charge on any atom is 0.397 e. The maximum atomic E-state index is 13.2. The van der Waals surface area contributed by atoms with Crippen molar-refractivity contribution in [3.8, 4) is 17.2 Å². The van der Waals surface area contributed by atoms with Crippen LogP contribution in [-0.2, 0) is 11.3 Å². The first-order chi connectivity index (χ1) is 13.0. The molecule has 0 aliphatic carbocycles. The highest BCUT2D eigenvalue weighted by Crippen LogP contribution is 2.11. The van der Waals surface area contributed by atoms with Crippen molar-refractivity contribution >= 4 is 5.97 Å². The summed E-state index contributed by atoms with van der Waals surface area (Å²) in [7, 11) is 0. The summed E-state index contributed by atoms with van der Waals surface area (Å²) in [6.07, 6.45) is 0. The standard InChI is InChI=1S/C16H14FN5O5/c1-3-21-14(23)11(12-18-13(27-20-12)15(24)26-4-2)19-22(16(21)25)10-7-5-9(17)6-8-10/h5-8H,3-4H2,1-2H3. The lowest BCUT2D eigenvalue weighted by molar-refractivity contribution is 0.0470. The Labute approximate surface area is 150 Å². The van der Waals surface area contributed by atoms with E-state index in [2.05, 4.69) is 15.2 Å². The molecule has 140 valence electrons. The van der Waals surface area contributed by atoms with E-state index in [4.69, 9.17) is 9.26 Å². The summed E-state index contributed by atoms with van der Waals surface area (Å²) >= 11 is 0. The molecule has 11 heteroatoms. The molecular formula is C16H14FN5O5. The SMILES string of the molecule is CCOC(=O)c1nc(-c2nn(-c3ccc(F)cc3)c(=O)n(CC)c2=O)no1. The van der Waals surface area contributed by atoms with E-state index in [-0.39, 0.29) is 30.4 Å². The van der Waals surface area contributed by atoms with E-state index in [1.54, 1.807) is 13.8 Å². The topological polar surface area (TPSA) is 122 Å². The van der Waals surface area contributed by atoms with Gasteiger partial charge in [-0.1, -0.05) is 5.16 Å². The summed E-state index contributed by atoms with van der Waals surface area (Å²) in [5, 5.41) is 7.55. The predicted octanol–water partition coefficient (Wildman–Crippen LogP) is 0.780. The van der Waals surface area contributed by atoms with Crippen LogP contribution in [0.15, 0.2) is 38.4 Å². The van der Waals surface area contributed by atoms with Crippen LogP contribution in [0.4, 0.5) is 4.39 Å². The van der Waals surface area contributed by atoms with E-state index in [1.807, 2.05) is 0 Å². The molecule has 0 aliphatic rings. The van der Waals surface area contributed by atoms with E-state index in [0.29, 0.717) is 0 Å². The second kappa shape index (κ2) is 7.32. The van der Waals surface area contributed by atoms with Gasteiger partial charge in [-0.3, -0.25) is 9.36 Å². The van der Waals surface area contributed by atoms with Gasteiger partial charge in [-0.15, -0.1) is 0 Å². The molecule has 0 amide bonds. The molecule has 1 aromatic carbocycles. The highest BCUT2D eigenvalue weighted by molar-refractivity contribution is 5.84. The number of aromatic nitrogens is 5. The molecule has 3 aromatic rings. The van der Waals surface area contributed by atoms with Crippen molar-refractivity contribution in [2.24, 2.45) is 0 Å². The number of carbonyl (C=O) groups excluding carboxylic acids is 1. The fourth-order valence-corrected chi connectivity index (χ4v) is 2.28. The Morgan fingerprint density at radius 3 is 2.56 bits per heavy atom. The zero-order valence-electron chi connectivity index (χ0n) is 14.4. The third kappa shape index (κ3) is 3.38. The Bertz CT molecular complexity index is 1100. The van der Waals surface area contributed by atoms with Crippen LogP contribution in [0.2, 0.25) is 0 Å². The van der Waals surface area contributed by atoms with Crippen LogP contribution >= 0.6 is 0 Å². The predicted molar refractivity (Wildman–Crippen MR) is 89.0 cm³/mol. The first kappa shape index (κ1) is 18.2. The number of rotatable bonds is 5. The molecule has 0 saturated heterocycles. The van der Waals surface area contributed by atoms with Gasteiger partial charge < -0.3 is 9.26 Å². The van der Waals surface area contributed by atoms with Gasteiger partial charge in [-0.05, 0) is 38.1 Å².